The molecule has 0 aliphatic rings. The van der Waals surface area contributed by atoms with E-state index in [1.807, 2.05) is 17.8 Å². The third-order valence-corrected chi connectivity index (χ3v) is 4.97. The van der Waals surface area contributed by atoms with Gasteiger partial charge in [-0.2, -0.15) is 0 Å². The van der Waals surface area contributed by atoms with Crippen LogP contribution in [0.1, 0.15) is 25.2 Å². The molecule has 0 fully saturated rings. The summed E-state index contributed by atoms with van der Waals surface area (Å²) in [4.78, 5) is 12.2. The highest BCUT2D eigenvalue weighted by Crippen LogP contribution is 2.35. The average molecular weight is 399 g/mol. The number of ether oxygens (including phenoxy) is 1. The summed E-state index contributed by atoms with van der Waals surface area (Å²) in [5.41, 5.74) is 1.15. The van der Waals surface area contributed by atoms with E-state index in [2.05, 4.69) is 28.9 Å². The van der Waals surface area contributed by atoms with E-state index in [0.717, 1.165) is 19.6 Å². The number of halogens is 2. The summed E-state index contributed by atoms with van der Waals surface area (Å²) in [6, 6.07) is 3.55. The van der Waals surface area contributed by atoms with Crippen LogP contribution in [-0.4, -0.2) is 53.5 Å². The second-order valence-corrected chi connectivity index (χ2v) is 6.36. The number of methoxy groups -OCH3 is 1. The van der Waals surface area contributed by atoms with Crippen molar-refractivity contribution in [2.75, 3.05) is 33.4 Å². The van der Waals surface area contributed by atoms with Crippen molar-refractivity contribution in [2.45, 2.75) is 13.8 Å². The molecular formula is C18H24Cl2N4O2. The van der Waals surface area contributed by atoms with Crippen LogP contribution in [0.2, 0.25) is 10.0 Å². The minimum Gasteiger partial charge on any atom is -0.495 e. The first-order chi connectivity index (χ1) is 12.5. The molecule has 0 spiro atoms. The molecule has 8 heteroatoms. The van der Waals surface area contributed by atoms with E-state index in [-0.39, 0.29) is 0 Å². The third kappa shape index (κ3) is 4.69. The van der Waals surface area contributed by atoms with Gasteiger partial charge in [0, 0.05) is 31.5 Å². The molecule has 0 atom stereocenters. The second kappa shape index (κ2) is 9.80. The summed E-state index contributed by atoms with van der Waals surface area (Å²) in [5, 5.41) is 5.00. The molecule has 0 aliphatic heterocycles. The van der Waals surface area contributed by atoms with Crippen LogP contribution >= 0.6 is 23.2 Å². The zero-order valence-corrected chi connectivity index (χ0v) is 17.0. The van der Waals surface area contributed by atoms with Crippen molar-refractivity contribution in [3.05, 3.63) is 46.0 Å². The lowest BCUT2D eigenvalue weighted by molar-refractivity contribution is 0.114. The number of oxime groups is 1. The van der Waals surface area contributed by atoms with E-state index in [0.29, 0.717) is 39.5 Å². The fraction of sp³-hybridized carbons (Fsp3) is 0.444. The standard InChI is InChI=1S/C18H24Cl2N4O2/c1-5-24(6-2)11-12-26-22-17(18-21-9-10-23(18)3)13-7-8-14(25-4)16(20)15(13)19/h7-10H,5-6,11-12H2,1-4H3/b22-17+. The molecule has 0 unspecified atom stereocenters. The Morgan fingerprint density at radius 3 is 2.54 bits per heavy atom. The Kier molecular flexibility index (Phi) is 7.75. The Hall–Kier alpha value is -1.76. The first-order valence-electron chi connectivity index (χ1n) is 8.45. The van der Waals surface area contributed by atoms with Gasteiger partial charge in [0.15, 0.2) is 11.5 Å². The fourth-order valence-electron chi connectivity index (χ4n) is 2.50. The van der Waals surface area contributed by atoms with E-state index in [1.54, 1.807) is 25.4 Å². The topological polar surface area (TPSA) is 51.9 Å². The molecule has 6 nitrogen and oxygen atoms in total. The predicted molar refractivity (Wildman–Crippen MR) is 106 cm³/mol. The van der Waals surface area contributed by atoms with Gasteiger partial charge < -0.3 is 19.0 Å². The molecule has 1 heterocycles. The quantitative estimate of drug-likeness (QED) is 0.365. The van der Waals surface area contributed by atoms with Crippen molar-refractivity contribution in [3.8, 4) is 5.75 Å². The molecule has 26 heavy (non-hydrogen) atoms. The molecule has 1 aromatic heterocycles. The highest BCUT2D eigenvalue weighted by atomic mass is 35.5. The summed E-state index contributed by atoms with van der Waals surface area (Å²) in [5.74, 6) is 1.14. The van der Waals surface area contributed by atoms with Crippen LogP contribution in [0, 0.1) is 0 Å². The van der Waals surface area contributed by atoms with E-state index < -0.39 is 0 Å². The number of nitrogens with zero attached hydrogens (tertiary/aromatic N) is 4. The molecule has 1 aromatic carbocycles. The lowest BCUT2D eigenvalue weighted by Gasteiger charge is -2.17. The Bertz CT molecular complexity index is 758. The number of imidazole rings is 1. The molecule has 0 aliphatic carbocycles. The number of aryl methyl sites for hydroxylation is 1. The van der Waals surface area contributed by atoms with Gasteiger partial charge in [-0.25, -0.2) is 4.98 Å². The minimum absolute atomic E-state index is 0.330. The largest absolute Gasteiger partial charge is 0.495 e. The van der Waals surface area contributed by atoms with Gasteiger partial charge in [0.2, 0.25) is 0 Å². The number of hydrogen-bond donors (Lipinski definition) is 0. The van der Waals surface area contributed by atoms with Crippen LogP contribution in [0.4, 0.5) is 0 Å². The molecule has 0 saturated carbocycles. The Morgan fingerprint density at radius 2 is 1.96 bits per heavy atom. The summed E-state index contributed by atoms with van der Waals surface area (Å²) in [6.07, 6.45) is 3.53. The normalized spacial score (nSPS) is 11.9. The number of rotatable bonds is 9. The summed E-state index contributed by atoms with van der Waals surface area (Å²) in [6.45, 7) is 7.43. The van der Waals surface area contributed by atoms with E-state index in [1.165, 1.54) is 0 Å². The average Bonchev–Trinajstić information content (AvgIpc) is 3.07. The van der Waals surface area contributed by atoms with Crippen molar-refractivity contribution in [2.24, 2.45) is 12.2 Å². The van der Waals surface area contributed by atoms with Crippen molar-refractivity contribution in [3.63, 3.8) is 0 Å². The number of hydrogen-bond acceptors (Lipinski definition) is 5. The Morgan fingerprint density at radius 1 is 1.23 bits per heavy atom. The van der Waals surface area contributed by atoms with E-state index in [4.69, 9.17) is 32.8 Å². The molecule has 0 bridgehead atoms. The van der Waals surface area contributed by atoms with Crippen molar-refractivity contribution in [1.29, 1.82) is 0 Å². The van der Waals surface area contributed by atoms with E-state index >= 15 is 0 Å². The Balaban J connectivity index is 2.33. The van der Waals surface area contributed by atoms with Gasteiger partial charge in [-0.15, -0.1) is 0 Å². The lowest BCUT2D eigenvalue weighted by Crippen LogP contribution is -2.26. The van der Waals surface area contributed by atoms with Crippen molar-refractivity contribution in [1.82, 2.24) is 14.5 Å². The van der Waals surface area contributed by atoms with Crippen molar-refractivity contribution < 1.29 is 9.57 Å². The monoisotopic (exact) mass is 398 g/mol. The SMILES string of the molecule is CCN(CC)CCO/N=C(\c1ccc(OC)c(Cl)c1Cl)c1nccn1C. The predicted octanol–water partition coefficient (Wildman–Crippen LogP) is 3.85. The zero-order chi connectivity index (χ0) is 19.1. The first kappa shape index (κ1) is 20.6. The van der Waals surface area contributed by atoms with Crippen molar-refractivity contribution >= 4 is 28.9 Å². The summed E-state index contributed by atoms with van der Waals surface area (Å²) >= 11 is 12.8. The summed E-state index contributed by atoms with van der Waals surface area (Å²) < 4.78 is 7.06. The molecule has 2 rings (SSSR count). The first-order valence-corrected chi connectivity index (χ1v) is 9.21. The van der Waals surface area contributed by atoms with Gasteiger partial charge in [-0.1, -0.05) is 42.2 Å². The second-order valence-electron chi connectivity index (χ2n) is 5.61. The van der Waals surface area contributed by atoms with Crippen LogP contribution < -0.4 is 4.74 Å². The van der Waals surface area contributed by atoms with Crippen LogP contribution in [0.3, 0.4) is 0 Å². The zero-order valence-electron chi connectivity index (χ0n) is 15.5. The molecule has 0 radical (unpaired) electrons. The third-order valence-electron chi connectivity index (χ3n) is 4.10. The fourth-order valence-corrected chi connectivity index (χ4v) is 2.98. The highest BCUT2D eigenvalue weighted by molar-refractivity contribution is 6.45. The smallest absolute Gasteiger partial charge is 0.162 e. The van der Waals surface area contributed by atoms with Crippen LogP contribution in [0.5, 0.6) is 5.75 Å². The molecule has 0 saturated heterocycles. The molecule has 0 amide bonds. The van der Waals surface area contributed by atoms with Gasteiger partial charge in [0.1, 0.15) is 17.4 Å². The maximum atomic E-state index is 6.46. The maximum absolute atomic E-state index is 6.46. The van der Waals surface area contributed by atoms with Crippen LogP contribution in [0.15, 0.2) is 29.7 Å². The van der Waals surface area contributed by atoms with Gasteiger partial charge in [-0.3, -0.25) is 0 Å². The lowest BCUT2D eigenvalue weighted by atomic mass is 10.1. The maximum Gasteiger partial charge on any atom is 0.162 e. The molecular weight excluding hydrogens is 375 g/mol. The number of benzene rings is 1. The highest BCUT2D eigenvalue weighted by Gasteiger charge is 2.20. The van der Waals surface area contributed by atoms with Gasteiger partial charge in [-0.05, 0) is 25.2 Å². The number of likely N-dealkylation sites (N-methyl/N-ethyl adjacent to an activating group) is 1. The molecule has 0 N–H and O–H groups in total. The van der Waals surface area contributed by atoms with Gasteiger partial charge >= 0.3 is 0 Å². The van der Waals surface area contributed by atoms with Crippen LogP contribution in [0.25, 0.3) is 0 Å². The van der Waals surface area contributed by atoms with Crippen LogP contribution in [-0.2, 0) is 11.9 Å². The van der Waals surface area contributed by atoms with E-state index in [9.17, 15) is 0 Å². The summed E-state index contributed by atoms with van der Waals surface area (Å²) in [7, 11) is 3.42. The van der Waals surface area contributed by atoms with Gasteiger partial charge in [0.05, 0.1) is 12.1 Å². The molecule has 2 aromatic rings. The number of aromatic nitrogens is 2. The minimum atomic E-state index is 0.330. The Labute approximate surface area is 164 Å². The van der Waals surface area contributed by atoms with Gasteiger partial charge in [0.25, 0.3) is 0 Å². The molecule has 142 valence electrons.